The average Bonchev–Trinajstić information content (AvgIpc) is 2.15. The molecule has 1 fully saturated rings. The van der Waals surface area contributed by atoms with E-state index >= 15 is 0 Å². The summed E-state index contributed by atoms with van der Waals surface area (Å²) in [6.07, 6.45) is 2.92. The number of hydrogen-bond donors (Lipinski definition) is 0. The number of carbonyl (C=O) groups excluding carboxylic acids is 2. The second kappa shape index (κ2) is 5.39. The lowest BCUT2D eigenvalue weighted by Gasteiger charge is -2.26. The van der Waals surface area contributed by atoms with Crippen molar-refractivity contribution in [3.05, 3.63) is 0 Å². The zero-order valence-electron chi connectivity index (χ0n) is 9.19. The van der Waals surface area contributed by atoms with Crippen molar-refractivity contribution in [1.29, 1.82) is 0 Å². The number of rotatable bonds is 4. The third-order valence-electron chi connectivity index (χ3n) is 2.73. The van der Waals surface area contributed by atoms with Crippen molar-refractivity contribution in [3.63, 3.8) is 0 Å². The normalized spacial score (nSPS) is 21.6. The molecule has 15 heavy (non-hydrogen) atoms. The van der Waals surface area contributed by atoms with E-state index in [0.717, 1.165) is 6.42 Å². The SMILES string of the molecule is CC(CCN1CCC(=O)CC1=O)S(C)=O. The van der Waals surface area contributed by atoms with Crippen LogP contribution >= 0.6 is 0 Å². The third kappa shape index (κ3) is 3.74. The molecule has 1 heterocycles. The van der Waals surface area contributed by atoms with Crippen LogP contribution in [0.5, 0.6) is 0 Å². The quantitative estimate of drug-likeness (QED) is 0.655. The lowest BCUT2D eigenvalue weighted by atomic mass is 10.1. The summed E-state index contributed by atoms with van der Waals surface area (Å²) in [6.45, 7) is 3.06. The molecule has 2 atom stereocenters. The van der Waals surface area contributed by atoms with Gasteiger partial charge in [-0.3, -0.25) is 13.8 Å². The average molecular weight is 231 g/mol. The van der Waals surface area contributed by atoms with Crippen LogP contribution in [0.1, 0.15) is 26.2 Å². The van der Waals surface area contributed by atoms with Crippen LogP contribution in [-0.2, 0) is 20.4 Å². The van der Waals surface area contributed by atoms with E-state index in [0.29, 0.717) is 19.5 Å². The second-order valence-corrected chi connectivity index (χ2v) is 5.75. The Morgan fingerprint density at radius 2 is 2.13 bits per heavy atom. The van der Waals surface area contributed by atoms with Gasteiger partial charge in [0, 0.05) is 41.8 Å². The maximum Gasteiger partial charge on any atom is 0.230 e. The zero-order valence-corrected chi connectivity index (χ0v) is 10.0. The number of carbonyl (C=O) groups is 2. The minimum Gasteiger partial charge on any atom is -0.342 e. The fourth-order valence-corrected chi connectivity index (χ4v) is 1.93. The molecular formula is C10H17NO3S. The summed E-state index contributed by atoms with van der Waals surface area (Å²) in [5.41, 5.74) is 0. The lowest BCUT2D eigenvalue weighted by molar-refractivity contribution is -0.139. The summed E-state index contributed by atoms with van der Waals surface area (Å²) in [7, 11) is -0.838. The highest BCUT2D eigenvalue weighted by Gasteiger charge is 2.23. The van der Waals surface area contributed by atoms with Crippen LogP contribution < -0.4 is 0 Å². The minimum atomic E-state index is -0.838. The van der Waals surface area contributed by atoms with Gasteiger partial charge in [0.05, 0.1) is 6.42 Å². The van der Waals surface area contributed by atoms with Crippen molar-refractivity contribution in [1.82, 2.24) is 4.90 Å². The monoisotopic (exact) mass is 231 g/mol. The van der Waals surface area contributed by atoms with E-state index in [1.807, 2.05) is 6.92 Å². The third-order valence-corrected chi connectivity index (χ3v) is 4.10. The van der Waals surface area contributed by atoms with Gasteiger partial charge in [0.15, 0.2) is 0 Å². The van der Waals surface area contributed by atoms with E-state index < -0.39 is 10.8 Å². The molecule has 1 aliphatic rings. The van der Waals surface area contributed by atoms with E-state index in [1.165, 1.54) is 0 Å². The zero-order chi connectivity index (χ0) is 11.4. The highest BCUT2D eigenvalue weighted by molar-refractivity contribution is 7.84. The molecule has 86 valence electrons. The van der Waals surface area contributed by atoms with Gasteiger partial charge in [0.25, 0.3) is 0 Å². The van der Waals surface area contributed by atoms with Gasteiger partial charge >= 0.3 is 0 Å². The molecule has 5 heteroatoms. The first-order valence-electron chi connectivity index (χ1n) is 5.12. The summed E-state index contributed by atoms with van der Waals surface area (Å²) < 4.78 is 11.1. The molecule has 2 unspecified atom stereocenters. The molecule has 0 aromatic rings. The molecule has 0 saturated carbocycles. The molecule has 0 aliphatic carbocycles. The predicted molar refractivity (Wildman–Crippen MR) is 59.0 cm³/mol. The summed E-state index contributed by atoms with van der Waals surface area (Å²) >= 11 is 0. The standard InChI is InChI=1S/C10H17NO3S/c1-8(15(2)14)3-5-11-6-4-9(12)7-10(11)13/h8H,3-7H2,1-2H3. The molecule has 0 bridgehead atoms. The van der Waals surface area contributed by atoms with Crippen LogP contribution in [0.15, 0.2) is 0 Å². The topological polar surface area (TPSA) is 54.5 Å². The van der Waals surface area contributed by atoms with Gasteiger partial charge in [-0.1, -0.05) is 6.92 Å². The van der Waals surface area contributed by atoms with Crippen LogP contribution in [0.2, 0.25) is 0 Å². The number of likely N-dealkylation sites (tertiary alicyclic amines) is 1. The van der Waals surface area contributed by atoms with Gasteiger partial charge in [0.1, 0.15) is 5.78 Å². The number of ketones is 1. The molecule has 0 radical (unpaired) electrons. The fraction of sp³-hybridized carbons (Fsp3) is 0.800. The first kappa shape index (κ1) is 12.4. The summed E-state index contributed by atoms with van der Waals surface area (Å²) in [5, 5.41) is 0.107. The Hall–Kier alpha value is -0.710. The van der Waals surface area contributed by atoms with Gasteiger partial charge in [0.2, 0.25) is 5.91 Å². The Balaban J connectivity index is 2.36. The maximum atomic E-state index is 11.4. The van der Waals surface area contributed by atoms with E-state index in [9.17, 15) is 13.8 Å². The van der Waals surface area contributed by atoms with Crippen LogP contribution in [0.25, 0.3) is 0 Å². The molecule has 1 aliphatic heterocycles. The number of Topliss-reactive ketones (excluding diaryl/α,β-unsaturated/α-hetero) is 1. The summed E-state index contributed by atoms with van der Waals surface area (Å²) in [6, 6.07) is 0. The van der Waals surface area contributed by atoms with E-state index in [-0.39, 0.29) is 23.4 Å². The first-order chi connectivity index (χ1) is 7.00. The Kier molecular flexibility index (Phi) is 4.45. The van der Waals surface area contributed by atoms with Crippen molar-refractivity contribution in [2.24, 2.45) is 0 Å². The maximum absolute atomic E-state index is 11.4. The van der Waals surface area contributed by atoms with Crippen molar-refractivity contribution in [2.75, 3.05) is 19.3 Å². The number of hydrogen-bond acceptors (Lipinski definition) is 3. The minimum absolute atomic E-state index is 0.0309. The molecule has 0 spiro atoms. The van der Waals surface area contributed by atoms with Crippen molar-refractivity contribution >= 4 is 22.5 Å². The Morgan fingerprint density at radius 3 is 2.67 bits per heavy atom. The molecule has 1 amide bonds. The number of piperidine rings is 1. The molecule has 1 rings (SSSR count). The lowest BCUT2D eigenvalue weighted by Crippen LogP contribution is -2.40. The Morgan fingerprint density at radius 1 is 1.47 bits per heavy atom. The van der Waals surface area contributed by atoms with Crippen LogP contribution in [0.3, 0.4) is 0 Å². The van der Waals surface area contributed by atoms with E-state index in [1.54, 1.807) is 11.2 Å². The van der Waals surface area contributed by atoms with Gasteiger partial charge in [-0.05, 0) is 6.42 Å². The number of amides is 1. The van der Waals surface area contributed by atoms with Gasteiger partial charge in [-0.25, -0.2) is 0 Å². The highest BCUT2D eigenvalue weighted by Crippen LogP contribution is 2.10. The Labute approximate surface area is 92.5 Å². The molecule has 0 N–H and O–H groups in total. The Bertz CT molecular complexity index is 290. The molecule has 0 aromatic heterocycles. The van der Waals surface area contributed by atoms with Crippen molar-refractivity contribution < 1.29 is 13.8 Å². The van der Waals surface area contributed by atoms with Crippen LogP contribution in [-0.4, -0.2) is 45.4 Å². The molecular weight excluding hydrogens is 214 g/mol. The molecule has 4 nitrogen and oxygen atoms in total. The molecule has 1 saturated heterocycles. The summed E-state index contributed by atoms with van der Waals surface area (Å²) in [5.74, 6) is -0.0521. The predicted octanol–water partition coefficient (Wildman–Crippen LogP) is 0.335. The van der Waals surface area contributed by atoms with Gasteiger partial charge in [-0.15, -0.1) is 0 Å². The second-order valence-electron chi connectivity index (χ2n) is 3.94. The number of nitrogens with zero attached hydrogens (tertiary/aromatic N) is 1. The first-order valence-corrected chi connectivity index (χ1v) is 6.74. The van der Waals surface area contributed by atoms with Gasteiger partial charge in [-0.2, -0.15) is 0 Å². The van der Waals surface area contributed by atoms with Crippen LogP contribution in [0, 0.1) is 0 Å². The largest absolute Gasteiger partial charge is 0.342 e. The summed E-state index contributed by atoms with van der Waals surface area (Å²) in [4.78, 5) is 24.1. The van der Waals surface area contributed by atoms with Crippen molar-refractivity contribution in [2.45, 2.75) is 31.4 Å². The fourth-order valence-electron chi connectivity index (χ4n) is 1.49. The van der Waals surface area contributed by atoms with Gasteiger partial charge < -0.3 is 4.90 Å². The van der Waals surface area contributed by atoms with E-state index in [2.05, 4.69) is 0 Å². The van der Waals surface area contributed by atoms with E-state index in [4.69, 9.17) is 0 Å². The van der Waals surface area contributed by atoms with Crippen LogP contribution in [0.4, 0.5) is 0 Å². The van der Waals surface area contributed by atoms with Crippen molar-refractivity contribution in [3.8, 4) is 0 Å². The highest BCUT2D eigenvalue weighted by atomic mass is 32.2. The smallest absolute Gasteiger partial charge is 0.230 e. The molecule has 0 aromatic carbocycles.